The van der Waals surface area contributed by atoms with Gasteiger partial charge in [0.25, 0.3) is 11.1 Å². The Morgan fingerprint density at radius 3 is 2.62 bits per heavy atom. The Balaban J connectivity index is 1.53. The second-order valence-electron chi connectivity index (χ2n) is 9.31. The van der Waals surface area contributed by atoms with Gasteiger partial charge < -0.3 is 9.64 Å². The first-order valence-corrected chi connectivity index (χ1v) is 13.5. The number of fused-ring (bicyclic) bond motifs is 4. The molecule has 198 valence electrons. The van der Waals surface area contributed by atoms with Gasteiger partial charge in [0.15, 0.2) is 0 Å². The number of ether oxygens (including phenoxy) is 1. The van der Waals surface area contributed by atoms with Crippen molar-refractivity contribution in [3.8, 4) is 0 Å². The molecule has 1 aromatic carbocycles. The van der Waals surface area contributed by atoms with E-state index in [4.69, 9.17) is 4.74 Å². The minimum absolute atomic E-state index is 0.0199. The van der Waals surface area contributed by atoms with E-state index in [9.17, 15) is 19.2 Å². The molecule has 0 unspecified atom stereocenters. The fourth-order valence-corrected chi connectivity index (χ4v) is 6.36. The summed E-state index contributed by atoms with van der Waals surface area (Å²) >= 11 is 1.33. The van der Waals surface area contributed by atoms with Gasteiger partial charge in [0, 0.05) is 23.7 Å². The molecule has 0 N–H and O–H groups in total. The quantitative estimate of drug-likeness (QED) is 0.337. The zero-order valence-electron chi connectivity index (χ0n) is 21.2. The lowest BCUT2D eigenvalue weighted by molar-refractivity contribution is 0.103. The Hall–Kier alpha value is -4.51. The van der Waals surface area contributed by atoms with E-state index < -0.39 is 11.8 Å². The summed E-state index contributed by atoms with van der Waals surface area (Å²) in [6, 6.07) is 16.0. The smallest absolute Gasteiger partial charge is 0.410 e. The molecule has 0 spiro atoms. The van der Waals surface area contributed by atoms with Crippen molar-refractivity contribution in [1.29, 1.82) is 0 Å². The van der Waals surface area contributed by atoms with E-state index in [1.807, 2.05) is 30.3 Å². The van der Waals surface area contributed by atoms with Crippen LogP contribution < -0.4 is 16.8 Å². The van der Waals surface area contributed by atoms with Crippen LogP contribution in [0.1, 0.15) is 28.6 Å². The summed E-state index contributed by atoms with van der Waals surface area (Å²) in [6.07, 6.45) is 1.71. The van der Waals surface area contributed by atoms with Gasteiger partial charge in [0.2, 0.25) is 0 Å². The van der Waals surface area contributed by atoms with Gasteiger partial charge >= 0.3 is 11.8 Å². The number of benzene rings is 1. The first-order chi connectivity index (χ1) is 18.9. The number of pyridine rings is 1. The number of hydrogen-bond donors (Lipinski definition) is 0. The lowest BCUT2D eigenvalue weighted by Gasteiger charge is -2.25. The van der Waals surface area contributed by atoms with Gasteiger partial charge in [0.1, 0.15) is 10.5 Å². The van der Waals surface area contributed by atoms with Crippen molar-refractivity contribution in [2.75, 3.05) is 13.2 Å². The Bertz CT molecular complexity index is 1900. The molecule has 39 heavy (non-hydrogen) atoms. The van der Waals surface area contributed by atoms with Crippen molar-refractivity contribution < 1.29 is 9.53 Å². The van der Waals surface area contributed by atoms with E-state index in [2.05, 4.69) is 4.98 Å². The zero-order chi connectivity index (χ0) is 27.1. The molecule has 5 aromatic rings. The highest BCUT2D eigenvalue weighted by atomic mass is 32.1. The number of carbonyl (C=O) groups excluding carboxylic acids is 1. The normalized spacial score (nSPS) is 13.1. The Kier molecular flexibility index (Phi) is 6.35. The van der Waals surface area contributed by atoms with Gasteiger partial charge in [-0.15, -0.1) is 11.3 Å². The first kappa shape index (κ1) is 24.8. The van der Waals surface area contributed by atoms with E-state index in [1.54, 1.807) is 36.2 Å². The summed E-state index contributed by atoms with van der Waals surface area (Å²) in [5.74, 6) is 0. The second-order valence-corrected chi connectivity index (χ2v) is 10.4. The largest absolute Gasteiger partial charge is 0.450 e. The third-order valence-electron chi connectivity index (χ3n) is 6.86. The fraction of sp³-hybridized carbons (Fsp3) is 0.250. The number of aromatic nitrogens is 4. The standard InChI is InChI=1S/C28H25N5O5S/c1-2-38-28(37)30-13-11-20-21(17-30)39-26-24(20)25(35)32(15-18-8-4-3-5-9-18)27(36)33(26)16-19-14-23(34)31-12-7-6-10-22(31)29-19/h3-10,12,14H,2,11,13,15-17H2,1H3. The Labute approximate surface area is 226 Å². The Morgan fingerprint density at radius 1 is 1.03 bits per heavy atom. The number of carbonyl (C=O) groups is 1. The van der Waals surface area contributed by atoms with Crippen molar-refractivity contribution >= 4 is 33.3 Å². The molecule has 4 aromatic heterocycles. The summed E-state index contributed by atoms with van der Waals surface area (Å²) < 4.78 is 9.39. The van der Waals surface area contributed by atoms with E-state index in [0.717, 1.165) is 16.0 Å². The van der Waals surface area contributed by atoms with Crippen LogP contribution in [0.3, 0.4) is 0 Å². The molecule has 0 saturated heterocycles. The van der Waals surface area contributed by atoms with Crippen LogP contribution in [0.25, 0.3) is 15.9 Å². The highest BCUT2D eigenvalue weighted by Gasteiger charge is 2.29. The van der Waals surface area contributed by atoms with Crippen LogP contribution in [0.2, 0.25) is 0 Å². The monoisotopic (exact) mass is 543 g/mol. The highest BCUT2D eigenvalue weighted by molar-refractivity contribution is 7.18. The predicted octanol–water partition coefficient (Wildman–Crippen LogP) is 2.84. The molecular weight excluding hydrogens is 518 g/mol. The van der Waals surface area contributed by atoms with Gasteiger partial charge in [0.05, 0.1) is 37.3 Å². The van der Waals surface area contributed by atoms with E-state index in [0.29, 0.717) is 41.1 Å². The van der Waals surface area contributed by atoms with E-state index in [-0.39, 0.29) is 30.8 Å². The van der Waals surface area contributed by atoms with Gasteiger partial charge in [-0.25, -0.2) is 14.6 Å². The summed E-state index contributed by atoms with van der Waals surface area (Å²) in [6.45, 7) is 2.88. The molecule has 0 saturated carbocycles. The molecule has 1 amide bonds. The van der Waals surface area contributed by atoms with Crippen molar-refractivity contribution in [3.63, 3.8) is 0 Å². The number of thiophene rings is 1. The summed E-state index contributed by atoms with van der Waals surface area (Å²) in [7, 11) is 0. The molecular formula is C28H25N5O5S. The molecule has 0 aliphatic carbocycles. The molecule has 0 bridgehead atoms. The molecule has 0 atom stereocenters. The maximum absolute atomic E-state index is 13.9. The lowest BCUT2D eigenvalue weighted by Crippen LogP contribution is -2.41. The lowest BCUT2D eigenvalue weighted by atomic mass is 10.1. The van der Waals surface area contributed by atoms with Crippen molar-refractivity contribution in [1.82, 2.24) is 23.4 Å². The summed E-state index contributed by atoms with van der Waals surface area (Å²) in [4.78, 5) is 60.4. The SMILES string of the molecule is CCOC(=O)N1CCc2c(sc3c2c(=O)n(Cc2ccccc2)c(=O)n3Cc2cc(=O)n3ccccc3n2)C1. The maximum atomic E-state index is 13.9. The maximum Gasteiger partial charge on any atom is 0.410 e. The first-order valence-electron chi connectivity index (χ1n) is 12.7. The predicted molar refractivity (Wildman–Crippen MR) is 148 cm³/mol. The van der Waals surface area contributed by atoms with Crippen LogP contribution in [0, 0.1) is 0 Å². The van der Waals surface area contributed by atoms with Crippen molar-refractivity contribution in [3.05, 3.63) is 114 Å². The number of rotatable bonds is 5. The van der Waals surface area contributed by atoms with Gasteiger partial charge in [-0.3, -0.25) is 23.1 Å². The average molecular weight is 544 g/mol. The molecule has 6 rings (SSSR count). The van der Waals surface area contributed by atoms with Crippen LogP contribution in [-0.4, -0.2) is 42.7 Å². The molecule has 0 fully saturated rings. The molecule has 5 heterocycles. The van der Waals surface area contributed by atoms with Crippen molar-refractivity contribution in [2.45, 2.75) is 33.0 Å². The minimum atomic E-state index is -0.479. The highest BCUT2D eigenvalue weighted by Crippen LogP contribution is 2.33. The fourth-order valence-electron chi connectivity index (χ4n) is 5.02. The third-order valence-corrected chi connectivity index (χ3v) is 8.10. The topological polar surface area (TPSA) is 108 Å². The molecule has 11 heteroatoms. The van der Waals surface area contributed by atoms with E-state index >= 15 is 0 Å². The van der Waals surface area contributed by atoms with Crippen LogP contribution in [-0.2, 0) is 30.8 Å². The minimum Gasteiger partial charge on any atom is -0.450 e. The number of nitrogens with zero attached hydrogens (tertiary/aromatic N) is 5. The third kappa shape index (κ3) is 4.44. The zero-order valence-corrected chi connectivity index (χ0v) is 22.0. The Morgan fingerprint density at radius 2 is 1.82 bits per heavy atom. The van der Waals surface area contributed by atoms with Gasteiger partial charge in [-0.1, -0.05) is 36.4 Å². The van der Waals surface area contributed by atoms with Gasteiger partial charge in [-0.2, -0.15) is 0 Å². The van der Waals surface area contributed by atoms with Crippen LogP contribution in [0.15, 0.2) is 75.2 Å². The number of hydrogen-bond acceptors (Lipinski definition) is 7. The average Bonchev–Trinajstić information content (AvgIpc) is 3.33. The summed E-state index contributed by atoms with van der Waals surface area (Å²) in [5.41, 5.74) is 1.46. The van der Waals surface area contributed by atoms with Crippen LogP contribution in [0.5, 0.6) is 0 Å². The molecule has 0 radical (unpaired) electrons. The summed E-state index contributed by atoms with van der Waals surface area (Å²) in [5, 5.41) is 0.478. The molecule has 1 aliphatic rings. The molecule has 10 nitrogen and oxygen atoms in total. The second kappa shape index (κ2) is 9.99. The van der Waals surface area contributed by atoms with E-state index in [1.165, 1.54) is 30.9 Å². The van der Waals surface area contributed by atoms with Crippen LogP contribution >= 0.6 is 11.3 Å². The molecule has 1 aliphatic heterocycles. The van der Waals surface area contributed by atoms with Crippen molar-refractivity contribution in [2.24, 2.45) is 0 Å². The number of amides is 1. The van der Waals surface area contributed by atoms with Gasteiger partial charge in [-0.05, 0) is 36.6 Å². The van der Waals surface area contributed by atoms with Crippen LogP contribution in [0.4, 0.5) is 4.79 Å².